The van der Waals surface area contributed by atoms with Gasteiger partial charge in [-0.3, -0.25) is 4.79 Å². The molecule has 8 heteroatoms. The normalized spacial score (nSPS) is 16.3. The smallest absolute Gasteiger partial charge is 0.259 e. The number of nitrogens with one attached hydrogen (secondary N) is 3. The molecule has 8 nitrogen and oxygen atoms in total. The summed E-state index contributed by atoms with van der Waals surface area (Å²) in [7, 11) is 0. The first kappa shape index (κ1) is 22.6. The van der Waals surface area contributed by atoms with E-state index in [1.165, 1.54) is 5.69 Å². The molecule has 3 N–H and O–H groups in total. The summed E-state index contributed by atoms with van der Waals surface area (Å²) < 4.78 is 5.46. The van der Waals surface area contributed by atoms with Crippen LogP contribution in [-0.4, -0.2) is 62.5 Å². The highest BCUT2D eigenvalue weighted by Gasteiger charge is 2.15. The lowest BCUT2D eigenvalue weighted by Gasteiger charge is -2.29. The number of fused-ring (bicyclic) bond motifs is 1. The monoisotopic (exact) mass is 482 g/mol. The van der Waals surface area contributed by atoms with Crippen LogP contribution in [0.4, 0.5) is 22.9 Å². The van der Waals surface area contributed by atoms with E-state index in [1.54, 1.807) is 6.20 Å². The van der Waals surface area contributed by atoms with Crippen molar-refractivity contribution in [1.29, 1.82) is 0 Å². The molecule has 2 fully saturated rings. The fraction of sp³-hybridized carbons (Fsp3) is 0.286. The number of hydrogen-bond donors (Lipinski definition) is 3. The third kappa shape index (κ3) is 4.65. The van der Waals surface area contributed by atoms with Crippen LogP contribution < -0.4 is 26.0 Å². The molecule has 2 aromatic heterocycles. The van der Waals surface area contributed by atoms with Gasteiger partial charge in [-0.2, -0.15) is 0 Å². The summed E-state index contributed by atoms with van der Waals surface area (Å²) in [5, 5.41) is 8.20. The van der Waals surface area contributed by atoms with E-state index in [9.17, 15) is 4.79 Å². The van der Waals surface area contributed by atoms with Gasteiger partial charge in [0, 0.05) is 68.1 Å². The summed E-state index contributed by atoms with van der Waals surface area (Å²) in [6, 6.07) is 20.7. The quantitative estimate of drug-likeness (QED) is 0.401. The number of morpholine rings is 1. The van der Waals surface area contributed by atoms with Gasteiger partial charge >= 0.3 is 0 Å². The molecule has 0 amide bonds. The molecule has 36 heavy (non-hydrogen) atoms. The lowest BCUT2D eigenvalue weighted by molar-refractivity contribution is 0.122. The fourth-order valence-corrected chi connectivity index (χ4v) is 4.93. The predicted octanol–water partition coefficient (Wildman–Crippen LogP) is 3.58. The van der Waals surface area contributed by atoms with E-state index in [-0.39, 0.29) is 5.56 Å². The van der Waals surface area contributed by atoms with Crippen molar-refractivity contribution in [3.8, 4) is 11.3 Å². The Hall–Kier alpha value is -3.88. The molecule has 2 aliphatic heterocycles. The zero-order valence-electron chi connectivity index (χ0n) is 20.2. The second kappa shape index (κ2) is 10.0. The van der Waals surface area contributed by atoms with Gasteiger partial charge in [-0.1, -0.05) is 12.1 Å². The third-order valence-corrected chi connectivity index (χ3v) is 6.91. The van der Waals surface area contributed by atoms with E-state index in [4.69, 9.17) is 9.72 Å². The van der Waals surface area contributed by atoms with Gasteiger partial charge in [-0.05, 0) is 53.9 Å². The van der Waals surface area contributed by atoms with E-state index in [2.05, 4.69) is 61.8 Å². The molecular weight excluding hydrogens is 452 g/mol. The van der Waals surface area contributed by atoms with Crippen LogP contribution in [0.15, 0.2) is 71.7 Å². The highest BCUT2D eigenvalue weighted by molar-refractivity contribution is 5.95. The Kier molecular flexibility index (Phi) is 6.27. The second-order valence-electron chi connectivity index (χ2n) is 9.18. The van der Waals surface area contributed by atoms with Crippen LogP contribution in [0.2, 0.25) is 0 Å². The van der Waals surface area contributed by atoms with Gasteiger partial charge in [0.25, 0.3) is 5.56 Å². The molecule has 0 unspecified atom stereocenters. The molecule has 0 bridgehead atoms. The Balaban J connectivity index is 1.31. The zero-order valence-corrected chi connectivity index (χ0v) is 20.2. The number of H-pyrrole nitrogens is 1. The van der Waals surface area contributed by atoms with Gasteiger partial charge in [0.2, 0.25) is 0 Å². The number of ether oxygens (including phenoxy) is 1. The topological polar surface area (TPSA) is 85.5 Å². The average molecular weight is 483 g/mol. The number of hydrogen-bond acceptors (Lipinski definition) is 7. The van der Waals surface area contributed by atoms with Crippen molar-refractivity contribution >= 4 is 33.7 Å². The summed E-state index contributed by atoms with van der Waals surface area (Å²) in [4.78, 5) is 25.2. The highest BCUT2D eigenvalue weighted by atomic mass is 16.5. The summed E-state index contributed by atoms with van der Waals surface area (Å²) in [5.74, 6) is 0.551. The Labute approximate surface area is 209 Å². The van der Waals surface area contributed by atoms with Crippen LogP contribution in [0.3, 0.4) is 0 Å². The van der Waals surface area contributed by atoms with E-state index >= 15 is 0 Å². The molecule has 2 aromatic carbocycles. The minimum absolute atomic E-state index is 0.159. The molecule has 4 heterocycles. The standard InChI is InChI=1S/C28H30N6O2/c35-28-26-21(9-10-30-28)19-25(20-1-5-23(6-2-20)33-13-11-29-12-14-33)32-27(26)31-22-3-7-24(8-4-22)34-15-17-36-18-16-34/h1-10,19,29H,11-18H2,(H,30,35)(H,31,32). The fourth-order valence-electron chi connectivity index (χ4n) is 4.93. The van der Waals surface area contributed by atoms with Gasteiger partial charge in [0.15, 0.2) is 0 Å². The predicted molar refractivity (Wildman–Crippen MR) is 146 cm³/mol. The number of aromatic amines is 1. The van der Waals surface area contributed by atoms with Crippen molar-refractivity contribution in [1.82, 2.24) is 15.3 Å². The molecule has 0 aliphatic carbocycles. The molecule has 6 rings (SSSR count). The van der Waals surface area contributed by atoms with Crippen molar-refractivity contribution in [3.05, 3.63) is 77.2 Å². The van der Waals surface area contributed by atoms with E-state index in [0.717, 1.165) is 80.5 Å². The molecule has 184 valence electrons. The summed E-state index contributed by atoms with van der Waals surface area (Å²) in [6.07, 6.45) is 1.68. The maximum absolute atomic E-state index is 12.8. The number of pyridine rings is 2. The average Bonchev–Trinajstić information content (AvgIpc) is 2.94. The van der Waals surface area contributed by atoms with Crippen molar-refractivity contribution in [3.63, 3.8) is 0 Å². The van der Waals surface area contributed by atoms with E-state index < -0.39 is 0 Å². The lowest BCUT2D eigenvalue weighted by atomic mass is 10.1. The third-order valence-electron chi connectivity index (χ3n) is 6.91. The Morgan fingerprint density at radius 2 is 1.50 bits per heavy atom. The molecule has 0 saturated carbocycles. The first-order chi connectivity index (χ1) is 17.7. The van der Waals surface area contributed by atoms with Crippen LogP contribution in [0.5, 0.6) is 0 Å². The first-order valence-corrected chi connectivity index (χ1v) is 12.5. The molecule has 2 saturated heterocycles. The minimum atomic E-state index is -0.159. The zero-order chi connectivity index (χ0) is 24.3. The van der Waals surface area contributed by atoms with Gasteiger partial charge in [0.1, 0.15) is 5.82 Å². The number of anilines is 4. The maximum atomic E-state index is 12.8. The van der Waals surface area contributed by atoms with E-state index in [1.807, 2.05) is 24.3 Å². The summed E-state index contributed by atoms with van der Waals surface area (Å²) in [6.45, 7) is 7.32. The number of benzene rings is 2. The van der Waals surface area contributed by atoms with Crippen LogP contribution in [0.25, 0.3) is 22.0 Å². The van der Waals surface area contributed by atoms with Crippen LogP contribution in [0.1, 0.15) is 0 Å². The molecule has 4 aromatic rings. The summed E-state index contributed by atoms with van der Waals surface area (Å²) in [5.41, 5.74) is 4.95. The van der Waals surface area contributed by atoms with Gasteiger partial charge in [-0.15, -0.1) is 0 Å². The van der Waals surface area contributed by atoms with Crippen molar-refractivity contribution < 1.29 is 4.74 Å². The van der Waals surface area contributed by atoms with Crippen LogP contribution >= 0.6 is 0 Å². The number of piperazine rings is 1. The Morgan fingerprint density at radius 1 is 0.833 bits per heavy atom. The van der Waals surface area contributed by atoms with Crippen molar-refractivity contribution in [2.24, 2.45) is 0 Å². The number of aromatic nitrogens is 2. The van der Waals surface area contributed by atoms with Crippen molar-refractivity contribution in [2.45, 2.75) is 0 Å². The lowest BCUT2D eigenvalue weighted by Crippen LogP contribution is -2.43. The number of nitrogens with zero attached hydrogens (tertiary/aromatic N) is 3. The summed E-state index contributed by atoms with van der Waals surface area (Å²) >= 11 is 0. The van der Waals surface area contributed by atoms with Crippen LogP contribution in [-0.2, 0) is 4.74 Å². The maximum Gasteiger partial charge on any atom is 0.259 e. The molecule has 0 spiro atoms. The van der Waals surface area contributed by atoms with Crippen molar-refractivity contribution in [2.75, 3.05) is 67.6 Å². The van der Waals surface area contributed by atoms with Gasteiger partial charge < -0.3 is 30.2 Å². The molecule has 0 radical (unpaired) electrons. The number of rotatable bonds is 5. The first-order valence-electron chi connectivity index (χ1n) is 12.5. The molecule has 0 atom stereocenters. The minimum Gasteiger partial charge on any atom is -0.378 e. The van der Waals surface area contributed by atoms with Gasteiger partial charge in [0.05, 0.1) is 24.3 Å². The second-order valence-corrected chi connectivity index (χ2v) is 9.18. The molecular formula is C28H30N6O2. The van der Waals surface area contributed by atoms with Gasteiger partial charge in [-0.25, -0.2) is 4.98 Å². The Bertz CT molecular complexity index is 1390. The molecule has 2 aliphatic rings. The van der Waals surface area contributed by atoms with Crippen LogP contribution in [0, 0.1) is 0 Å². The van der Waals surface area contributed by atoms with E-state index in [0.29, 0.717) is 11.2 Å². The SMILES string of the molecule is O=c1[nH]ccc2cc(-c3ccc(N4CCNCC4)cc3)nc(Nc3ccc(N4CCOCC4)cc3)c12. The Morgan fingerprint density at radius 3 is 2.22 bits per heavy atom. The highest BCUT2D eigenvalue weighted by Crippen LogP contribution is 2.30. The largest absolute Gasteiger partial charge is 0.378 e.